The van der Waals surface area contributed by atoms with Crippen LogP contribution in [0.4, 0.5) is 5.69 Å². The van der Waals surface area contributed by atoms with Crippen molar-refractivity contribution in [3.8, 4) is 5.75 Å². The molecule has 0 fully saturated rings. The zero-order valence-corrected chi connectivity index (χ0v) is 10.3. The summed E-state index contributed by atoms with van der Waals surface area (Å²) in [6.45, 7) is 0. The smallest absolute Gasteiger partial charge is 0.312 e. The largest absolute Gasteiger partial charge is 0.502 e. The van der Waals surface area contributed by atoms with Gasteiger partial charge in [0.2, 0.25) is 11.7 Å². The molecule has 9 nitrogen and oxygen atoms in total. The molecule has 0 heterocycles. The minimum atomic E-state index is -0.734. The van der Waals surface area contributed by atoms with Crippen molar-refractivity contribution >= 4 is 33.8 Å². The van der Waals surface area contributed by atoms with E-state index < -0.39 is 22.3 Å². The molecule has 0 atom stereocenters. The van der Waals surface area contributed by atoms with Crippen LogP contribution in [0, 0.1) is 15.5 Å². The van der Waals surface area contributed by atoms with Crippen LogP contribution in [-0.4, -0.2) is 27.4 Å². The molecular formula is C8H8BrN5O4. The van der Waals surface area contributed by atoms with Crippen LogP contribution >= 0.6 is 15.9 Å². The fraction of sp³-hybridized carbons (Fsp3) is 0. The Morgan fingerprint density at radius 2 is 2.28 bits per heavy atom. The van der Waals surface area contributed by atoms with Crippen LogP contribution in [0.15, 0.2) is 21.7 Å². The zero-order valence-electron chi connectivity index (χ0n) is 8.72. The molecule has 5 N–H and O–H groups in total. The number of halogens is 1. The van der Waals surface area contributed by atoms with E-state index in [0.29, 0.717) is 4.47 Å². The summed E-state index contributed by atoms with van der Waals surface area (Å²) in [5, 5.41) is 39.0. The monoisotopic (exact) mass is 317 g/mol. The van der Waals surface area contributed by atoms with Crippen LogP contribution < -0.4 is 10.9 Å². The summed E-state index contributed by atoms with van der Waals surface area (Å²) in [6.07, 6.45) is 1.07. The summed E-state index contributed by atoms with van der Waals surface area (Å²) in [5.41, 5.74) is 3.16. The lowest BCUT2D eigenvalue weighted by atomic mass is 10.2. The third-order valence-electron chi connectivity index (χ3n) is 1.77. The third kappa shape index (κ3) is 3.40. The van der Waals surface area contributed by atoms with Crippen molar-refractivity contribution in [2.45, 2.75) is 0 Å². The van der Waals surface area contributed by atoms with Gasteiger partial charge >= 0.3 is 5.69 Å². The molecule has 10 heteroatoms. The molecule has 0 saturated carbocycles. The van der Waals surface area contributed by atoms with Gasteiger partial charge in [-0.1, -0.05) is 15.9 Å². The van der Waals surface area contributed by atoms with Gasteiger partial charge in [-0.3, -0.25) is 20.7 Å². The summed E-state index contributed by atoms with van der Waals surface area (Å²) in [4.78, 5) is 9.91. The number of phenolic OH excluding ortho intramolecular Hbond substituents is 1. The highest BCUT2D eigenvalue weighted by atomic mass is 79.9. The average Bonchev–Trinajstić information content (AvgIpc) is 2.32. The predicted octanol–water partition coefficient (Wildman–Crippen LogP) is 0.900. The highest BCUT2D eigenvalue weighted by Gasteiger charge is 2.17. The molecule has 0 saturated heterocycles. The highest BCUT2D eigenvalue weighted by Crippen LogP contribution is 2.32. The molecule has 0 amide bonds. The van der Waals surface area contributed by atoms with E-state index in [2.05, 4.69) is 26.5 Å². The highest BCUT2D eigenvalue weighted by molar-refractivity contribution is 9.10. The Kier molecular flexibility index (Phi) is 4.57. The maximum absolute atomic E-state index is 10.6. The number of guanidine groups is 1. The van der Waals surface area contributed by atoms with Gasteiger partial charge in [-0.25, -0.2) is 10.9 Å². The third-order valence-corrected chi connectivity index (χ3v) is 2.23. The van der Waals surface area contributed by atoms with E-state index in [1.54, 1.807) is 0 Å². The molecule has 0 spiro atoms. The summed E-state index contributed by atoms with van der Waals surface area (Å²) < 4.78 is 0.392. The number of phenols is 1. The number of aromatic hydroxyl groups is 1. The van der Waals surface area contributed by atoms with Gasteiger partial charge in [0.05, 0.1) is 11.1 Å². The van der Waals surface area contributed by atoms with Gasteiger partial charge in [-0.15, -0.1) is 0 Å². The second kappa shape index (κ2) is 5.93. The molecule has 1 rings (SSSR count). The molecule has 1 aromatic carbocycles. The Hall–Kier alpha value is -2.20. The molecule has 0 aromatic heterocycles. The molecule has 0 unspecified atom stereocenters. The number of hydrazone groups is 1. The van der Waals surface area contributed by atoms with Crippen molar-refractivity contribution in [3.05, 3.63) is 32.3 Å². The van der Waals surface area contributed by atoms with Crippen molar-refractivity contribution in [1.29, 1.82) is 5.41 Å². The fourth-order valence-corrected chi connectivity index (χ4v) is 1.50. The van der Waals surface area contributed by atoms with Crippen LogP contribution in [-0.2, 0) is 0 Å². The molecule has 0 bridgehead atoms. The SMILES string of the molecule is N=C(NO)NN=Cc1cc(Br)cc([N+](=O)[O-])c1O. The van der Waals surface area contributed by atoms with Crippen molar-refractivity contribution in [3.63, 3.8) is 0 Å². The van der Waals surface area contributed by atoms with E-state index in [-0.39, 0.29) is 5.56 Å². The lowest BCUT2D eigenvalue weighted by Gasteiger charge is -2.02. The second-order valence-electron chi connectivity index (χ2n) is 2.98. The van der Waals surface area contributed by atoms with Gasteiger partial charge in [0.25, 0.3) is 0 Å². The predicted molar refractivity (Wildman–Crippen MR) is 65.8 cm³/mol. The number of hydroxylamine groups is 1. The lowest BCUT2D eigenvalue weighted by molar-refractivity contribution is -0.385. The van der Waals surface area contributed by atoms with E-state index in [4.69, 9.17) is 10.6 Å². The van der Waals surface area contributed by atoms with Crippen molar-refractivity contribution in [2.24, 2.45) is 5.10 Å². The topological polar surface area (TPSA) is 144 Å². The number of benzene rings is 1. The first kappa shape index (κ1) is 13.9. The average molecular weight is 318 g/mol. The number of nitro groups is 1. The van der Waals surface area contributed by atoms with Crippen molar-refractivity contribution in [1.82, 2.24) is 10.9 Å². The van der Waals surface area contributed by atoms with Gasteiger partial charge in [-0.2, -0.15) is 5.10 Å². The Morgan fingerprint density at radius 3 is 2.83 bits per heavy atom. The Morgan fingerprint density at radius 1 is 1.61 bits per heavy atom. The maximum Gasteiger partial charge on any atom is 0.312 e. The van der Waals surface area contributed by atoms with Crippen LogP contribution in [0.25, 0.3) is 0 Å². The van der Waals surface area contributed by atoms with E-state index in [1.165, 1.54) is 11.5 Å². The summed E-state index contributed by atoms with van der Waals surface area (Å²) in [5.74, 6) is -1.03. The number of hydrogen-bond donors (Lipinski definition) is 5. The van der Waals surface area contributed by atoms with E-state index in [1.807, 2.05) is 0 Å². The summed E-state index contributed by atoms with van der Waals surface area (Å²) in [7, 11) is 0. The second-order valence-corrected chi connectivity index (χ2v) is 3.89. The van der Waals surface area contributed by atoms with Gasteiger partial charge in [0.1, 0.15) is 0 Å². The van der Waals surface area contributed by atoms with Gasteiger partial charge in [0.15, 0.2) is 0 Å². The first-order valence-corrected chi connectivity index (χ1v) is 5.19. The Balaban J connectivity index is 3.02. The number of hydrogen-bond acceptors (Lipinski definition) is 6. The molecule has 1 aromatic rings. The Bertz CT molecular complexity index is 518. The number of nitrogens with one attached hydrogen (secondary N) is 3. The standard InChI is InChI=1S/C8H8BrN5O4/c9-5-1-4(3-11-12-8(10)13-16)7(15)6(2-5)14(17)18/h1-3,15-16H,(H3,10,12,13). The van der Waals surface area contributed by atoms with Crippen LogP contribution in [0.5, 0.6) is 5.75 Å². The Labute approximate surface area is 109 Å². The van der Waals surface area contributed by atoms with Crippen LogP contribution in [0.3, 0.4) is 0 Å². The van der Waals surface area contributed by atoms with Crippen LogP contribution in [0.2, 0.25) is 0 Å². The minimum Gasteiger partial charge on any atom is -0.502 e. The van der Waals surface area contributed by atoms with E-state index >= 15 is 0 Å². The van der Waals surface area contributed by atoms with Gasteiger partial charge in [0, 0.05) is 16.1 Å². The van der Waals surface area contributed by atoms with Crippen molar-refractivity contribution in [2.75, 3.05) is 0 Å². The number of nitro benzene ring substituents is 1. The first-order chi connectivity index (χ1) is 8.45. The molecule has 0 radical (unpaired) electrons. The molecular weight excluding hydrogens is 310 g/mol. The van der Waals surface area contributed by atoms with Crippen molar-refractivity contribution < 1.29 is 15.2 Å². The van der Waals surface area contributed by atoms with E-state index in [9.17, 15) is 15.2 Å². The normalized spacial score (nSPS) is 10.3. The molecule has 0 aliphatic heterocycles. The van der Waals surface area contributed by atoms with Gasteiger partial charge < -0.3 is 5.11 Å². The maximum atomic E-state index is 10.6. The number of rotatable bonds is 3. The molecule has 96 valence electrons. The summed E-state index contributed by atoms with van der Waals surface area (Å²) >= 11 is 3.06. The molecule has 0 aliphatic rings. The first-order valence-electron chi connectivity index (χ1n) is 4.40. The van der Waals surface area contributed by atoms with Gasteiger partial charge in [-0.05, 0) is 6.07 Å². The number of nitrogens with zero attached hydrogens (tertiary/aromatic N) is 2. The molecule has 0 aliphatic carbocycles. The summed E-state index contributed by atoms with van der Waals surface area (Å²) in [6, 6.07) is 2.56. The lowest BCUT2D eigenvalue weighted by Crippen LogP contribution is -2.30. The van der Waals surface area contributed by atoms with Crippen LogP contribution in [0.1, 0.15) is 5.56 Å². The minimum absolute atomic E-state index is 0.0781. The zero-order chi connectivity index (χ0) is 13.7. The molecule has 18 heavy (non-hydrogen) atoms. The van der Waals surface area contributed by atoms with E-state index in [0.717, 1.165) is 12.3 Å². The fourth-order valence-electron chi connectivity index (χ4n) is 1.03. The quantitative estimate of drug-likeness (QED) is 0.242.